The van der Waals surface area contributed by atoms with Crippen LogP contribution in [0.25, 0.3) is 0 Å². The van der Waals surface area contributed by atoms with E-state index in [1.165, 1.54) is 11.3 Å². The van der Waals surface area contributed by atoms with Crippen molar-refractivity contribution in [1.82, 2.24) is 9.80 Å². The highest BCUT2D eigenvalue weighted by Gasteiger charge is 2.22. The second-order valence-corrected chi connectivity index (χ2v) is 4.94. The Bertz CT molecular complexity index is 423. The van der Waals surface area contributed by atoms with Crippen LogP contribution < -0.4 is 4.90 Å². The second kappa shape index (κ2) is 5.29. The molecule has 18 heavy (non-hydrogen) atoms. The van der Waals surface area contributed by atoms with E-state index in [4.69, 9.17) is 0 Å². The van der Waals surface area contributed by atoms with Gasteiger partial charge in [-0.15, -0.1) is 0 Å². The van der Waals surface area contributed by atoms with Crippen LogP contribution in [0.1, 0.15) is 5.56 Å². The van der Waals surface area contributed by atoms with Crippen LogP contribution in [0.5, 0.6) is 0 Å². The van der Waals surface area contributed by atoms with Crippen LogP contribution in [0.2, 0.25) is 0 Å². The van der Waals surface area contributed by atoms with E-state index in [0.717, 1.165) is 26.2 Å². The molecule has 0 aromatic heterocycles. The zero-order valence-corrected chi connectivity index (χ0v) is 11.4. The molecule has 4 heteroatoms. The summed E-state index contributed by atoms with van der Waals surface area (Å²) in [7, 11) is 3.60. The predicted molar refractivity (Wildman–Crippen MR) is 74.0 cm³/mol. The van der Waals surface area contributed by atoms with Gasteiger partial charge in [-0.3, -0.25) is 0 Å². The molecule has 2 rings (SSSR count). The average molecular weight is 247 g/mol. The van der Waals surface area contributed by atoms with E-state index in [1.54, 1.807) is 19.0 Å². The van der Waals surface area contributed by atoms with Gasteiger partial charge in [0.1, 0.15) is 0 Å². The molecule has 1 aromatic carbocycles. The van der Waals surface area contributed by atoms with E-state index in [2.05, 4.69) is 36.1 Å². The quantitative estimate of drug-likeness (QED) is 0.756. The molecule has 1 aliphatic rings. The number of urea groups is 1. The Morgan fingerprint density at radius 1 is 1.11 bits per heavy atom. The lowest BCUT2D eigenvalue weighted by Crippen LogP contribution is -2.51. The lowest BCUT2D eigenvalue weighted by atomic mass is 10.1. The fourth-order valence-corrected chi connectivity index (χ4v) is 2.34. The van der Waals surface area contributed by atoms with Crippen LogP contribution in [0.4, 0.5) is 10.5 Å². The van der Waals surface area contributed by atoms with Crippen LogP contribution >= 0.6 is 0 Å². The van der Waals surface area contributed by atoms with Gasteiger partial charge in [0.25, 0.3) is 0 Å². The SMILES string of the molecule is Cc1ccccc1N1CCN(C(=O)N(C)C)CC1. The first kappa shape index (κ1) is 12.7. The highest BCUT2D eigenvalue weighted by atomic mass is 16.2. The summed E-state index contributed by atoms with van der Waals surface area (Å²) in [6, 6.07) is 8.52. The second-order valence-electron chi connectivity index (χ2n) is 4.94. The number of nitrogens with zero attached hydrogens (tertiary/aromatic N) is 3. The number of benzene rings is 1. The summed E-state index contributed by atoms with van der Waals surface area (Å²) in [6.07, 6.45) is 0. The maximum atomic E-state index is 11.8. The van der Waals surface area contributed by atoms with Crippen molar-refractivity contribution in [1.29, 1.82) is 0 Å². The number of hydrogen-bond donors (Lipinski definition) is 0. The smallest absolute Gasteiger partial charge is 0.319 e. The average Bonchev–Trinajstić information content (AvgIpc) is 2.38. The standard InChI is InChI=1S/C14H21N3O/c1-12-6-4-5-7-13(12)16-8-10-17(11-9-16)14(18)15(2)3/h4-7H,8-11H2,1-3H3. The van der Waals surface area contributed by atoms with Crippen molar-refractivity contribution >= 4 is 11.7 Å². The highest BCUT2D eigenvalue weighted by molar-refractivity contribution is 5.74. The summed E-state index contributed by atoms with van der Waals surface area (Å²) in [5.41, 5.74) is 2.58. The number of anilines is 1. The van der Waals surface area contributed by atoms with Crippen LogP contribution in [-0.4, -0.2) is 56.1 Å². The molecule has 0 spiro atoms. The summed E-state index contributed by atoms with van der Waals surface area (Å²) in [5, 5.41) is 0. The molecular weight excluding hydrogens is 226 g/mol. The van der Waals surface area contributed by atoms with Crippen molar-refractivity contribution < 1.29 is 4.79 Å². The minimum Gasteiger partial charge on any atom is -0.368 e. The Balaban J connectivity index is 1.99. The number of carbonyl (C=O) groups excluding carboxylic acids is 1. The minimum absolute atomic E-state index is 0.111. The Kier molecular flexibility index (Phi) is 3.75. The van der Waals surface area contributed by atoms with Crippen molar-refractivity contribution in [2.45, 2.75) is 6.92 Å². The number of para-hydroxylation sites is 1. The zero-order chi connectivity index (χ0) is 13.1. The van der Waals surface area contributed by atoms with Crippen molar-refractivity contribution in [3.63, 3.8) is 0 Å². The lowest BCUT2D eigenvalue weighted by molar-refractivity contribution is 0.168. The van der Waals surface area contributed by atoms with Gasteiger partial charge in [0.2, 0.25) is 0 Å². The molecule has 0 N–H and O–H groups in total. The van der Waals surface area contributed by atoms with Crippen LogP contribution in [0, 0.1) is 6.92 Å². The number of hydrogen-bond acceptors (Lipinski definition) is 2. The Hall–Kier alpha value is -1.71. The van der Waals surface area contributed by atoms with E-state index >= 15 is 0 Å². The molecule has 0 bridgehead atoms. The fourth-order valence-electron chi connectivity index (χ4n) is 2.34. The summed E-state index contributed by atoms with van der Waals surface area (Å²) in [4.78, 5) is 17.8. The minimum atomic E-state index is 0.111. The fraction of sp³-hybridized carbons (Fsp3) is 0.500. The summed E-state index contributed by atoms with van der Waals surface area (Å²) in [6.45, 7) is 5.54. The molecule has 1 fully saturated rings. The number of rotatable bonds is 1. The molecule has 4 nitrogen and oxygen atoms in total. The molecule has 1 aromatic rings. The van der Waals surface area contributed by atoms with Crippen LogP contribution in [0.3, 0.4) is 0 Å². The van der Waals surface area contributed by atoms with Gasteiger partial charge in [-0.05, 0) is 18.6 Å². The largest absolute Gasteiger partial charge is 0.368 e. The summed E-state index contributed by atoms with van der Waals surface area (Å²) in [5.74, 6) is 0. The third-order valence-electron chi connectivity index (χ3n) is 3.39. The monoisotopic (exact) mass is 247 g/mol. The molecule has 1 saturated heterocycles. The van der Waals surface area contributed by atoms with Gasteiger partial charge >= 0.3 is 6.03 Å². The topological polar surface area (TPSA) is 26.8 Å². The molecular formula is C14H21N3O. The van der Waals surface area contributed by atoms with Crippen molar-refractivity contribution in [2.24, 2.45) is 0 Å². The Labute approximate surface area is 109 Å². The molecule has 1 aliphatic heterocycles. The number of amides is 2. The molecule has 1 heterocycles. The first-order valence-corrected chi connectivity index (χ1v) is 6.36. The lowest BCUT2D eigenvalue weighted by Gasteiger charge is -2.37. The molecule has 98 valence electrons. The maximum Gasteiger partial charge on any atom is 0.319 e. The Morgan fingerprint density at radius 2 is 1.72 bits per heavy atom. The summed E-state index contributed by atoms with van der Waals surface area (Å²) >= 11 is 0. The predicted octanol–water partition coefficient (Wildman–Crippen LogP) is 1.80. The van der Waals surface area contributed by atoms with Gasteiger partial charge in [0.05, 0.1) is 0 Å². The third kappa shape index (κ3) is 2.58. The van der Waals surface area contributed by atoms with Gasteiger partial charge < -0.3 is 14.7 Å². The number of piperazine rings is 1. The number of carbonyl (C=O) groups is 1. The van der Waals surface area contributed by atoms with Crippen molar-refractivity contribution in [2.75, 3.05) is 45.2 Å². The van der Waals surface area contributed by atoms with Crippen molar-refractivity contribution in [3.8, 4) is 0 Å². The van der Waals surface area contributed by atoms with Crippen molar-refractivity contribution in [3.05, 3.63) is 29.8 Å². The molecule has 0 atom stereocenters. The highest BCUT2D eigenvalue weighted by Crippen LogP contribution is 2.20. The first-order chi connectivity index (χ1) is 8.59. The summed E-state index contributed by atoms with van der Waals surface area (Å²) < 4.78 is 0. The third-order valence-corrected chi connectivity index (χ3v) is 3.39. The van der Waals surface area contributed by atoms with E-state index in [-0.39, 0.29) is 6.03 Å². The van der Waals surface area contributed by atoms with Gasteiger partial charge in [0.15, 0.2) is 0 Å². The molecule has 0 radical (unpaired) electrons. The Morgan fingerprint density at radius 3 is 2.28 bits per heavy atom. The van der Waals surface area contributed by atoms with Gasteiger partial charge in [-0.25, -0.2) is 4.79 Å². The van der Waals surface area contributed by atoms with Crippen LogP contribution in [-0.2, 0) is 0 Å². The molecule has 2 amide bonds. The molecule has 0 unspecified atom stereocenters. The van der Waals surface area contributed by atoms with E-state index in [9.17, 15) is 4.79 Å². The maximum absolute atomic E-state index is 11.8. The number of aryl methyl sites for hydroxylation is 1. The van der Waals surface area contributed by atoms with E-state index in [0.29, 0.717) is 0 Å². The van der Waals surface area contributed by atoms with E-state index in [1.807, 2.05) is 4.90 Å². The van der Waals surface area contributed by atoms with Gasteiger partial charge in [0, 0.05) is 46.0 Å². The van der Waals surface area contributed by atoms with Gasteiger partial charge in [-0.2, -0.15) is 0 Å². The van der Waals surface area contributed by atoms with E-state index < -0.39 is 0 Å². The normalized spacial score (nSPS) is 15.7. The molecule has 0 aliphatic carbocycles. The first-order valence-electron chi connectivity index (χ1n) is 6.36. The van der Waals surface area contributed by atoms with Crippen LogP contribution in [0.15, 0.2) is 24.3 Å². The molecule has 0 saturated carbocycles. The zero-order valence-electron chi connectivity index (χ0n) is 11.4. The van der Waals surface area contributed by atoms with Gasteiger partial charge in [-0.1, -0.05) is 18.2 Å².